The van der Waals surface area contributed by atoms with Crippen molar-refractivity contribution in [1.82, 2.24) is 0 Å². The van der Waals surface area contributed by atoms with Crippen molar-refractivity contribution in [3.8, 4) is 0 Å². The first-order chi connectivity index (χ1) is 8.26. The monoisotopic (exact) mass is 239 g/mol. The number of oxime groups is 1. The van der Waals surface area contributed by atoms with E-state index in [0.29, 0.717) is 6.61 Å². The fourth-order valence-corrected chi connectivity index (χ4v) is 2.00. The van der Waals surface area contributed by atoms with Crippen LogP contribution in [0.3, 0.4) is 0 Å². The van der Waals surface area contributed by atoms with Crippen LogP contribution in [0.4, 0.5) is 0 Å². The summed E-state index contributed by atoms with van der Waals surface area (Å²) in [5.41, 5.74) is 2.32. The van der Waals surface area contributed by atoms with E-state index in [1.165, 1.54) is 5.57 Å². The van der Waals surface area contributed by atoms with Gasteiger partial charge in [0.05, 0.1) is 12.3 Å². The molecule has 1 aliphatic rings. The molecule has 1 saturated carbocycles. The van der Waals surface area contributed by atoms with Gasteiger partial charge in [-0.1, -0.05) is 10.7 Å². The molecule has 0 aromatic rings. The minimum atomic E-state index is -0.214. The minimum Gasteiger partial charge on any atom is -0.463 e. The Bertz CT molecular complexity index is 294. The summed E-state index contributed by atoms with van der Waals surface area (Å²) >= 11 is 0. The Morgan fingerprint density at radius 1 is 1.29 bits per heavy atom. The quantitative estimate of drug-likeness (QED) is 0.432. The summed E-state index contributed by atoms with van der Waals surface area (Å²) in [6.45, 7) is 2.26. The highest BCUT2D eigenvalue weighted by atomic mass is 16.6. The van der Waals surface area contributed by atoms with Crippen molar-refractivity contribution in [3.63, 3.8) is 0 Å². The average Bonchev–Trinajstić information content (AvgIpc) is 2.25. The second-order valence-electron chi connectivity index (χ2n) is 4.10. The molecule has 0 aliphatic heterocycles. The van der Waals surface area contributed by atoms with Crippen LogP contribution >= 0.6 is 0 Å². The first-order valence-corrected chi connectivity index (χ1v) is 6.21. The predicted octanol–water partition coefficient (Wildman–Crippen LogP) is 2.83. The third-order valence-electron chi connectivity index (χ3n) is 2.76. The lowest BCUT2D eigenvalue weighted by atomic mass is 9.95. The summed E-state index contributed by atoms with van der Waals surface area (Å²) in [7, 11) is 1.58. The zero-order chi connectivity index (χ0) is 12.5. The second kappa shape index (κ2) is 7.87. The zero-order valence-electron chi connectivity index (χ0n) is 10.7. The summed E-state index contributed by atoms with van der Waals surface area (Å²) in [5.74, 6) is -0.214. The maximum atomic E-state index is 11.3. The first kappa shape index (κ1) is 13.7. The van der Waals surface area contributed by atoms with Crippen LogP contribution in [-0.4, -0.2) is 25.4 Å². The van der Waals surface area contributed by atoms with Gasteiger partial charge < -0.3 is 9.57 Å². The molecular weight excluding hydrogens is 218 g/mol. The number of hydrogen-bond donors (Lipinski definition) is 0. The van der Waals surface area contributed by atoms with Gasteiger partial charge in [-0.3, -0.25) is 0 Å². The smallest absolute Gasteiger partial charge is 0.330 e. The molecule has 0 heterocycles. The van der Waals surface area contributed by atoms with E-state index in [0.717, 1.165) is 44.2 Å². The van der Waals surface area contributed by atoms with Gasteiger partial charge in [0.25, 0.3) is 0 Å². The summed E-state index contributed by atoms with van der Waals surface area (Å²) < 4.78 is 4.92. The Kier molecular flexibility index (Phi) is 6.37. The highest BCUT2D eigenvalue weighted by Crippen LogP contribution is 2.20. The van der Waals surface area contributed by atoms with Crippen LogP contribution in [0, 0.1) is 0 Å². The Balaban J connectivity index is 2.48. The van der Waals surface area contributed by atoms with Gasteiger partial charge in [0.15, 0.2) is 0 Å². The molecule has 0 N–H and O–H groups in total. The fraction of sp³-hybridized carbons (Fsp3) is 0.692. The van der Waals surface area contributed by atoms with Crippen molar-refractivity contribution in [3.05, 3.63) is 11.6 Å². The van der Waals surface area contributed by atoms with E-state index in [-0.39, 0.29) is 5.97 Å². The highest BCUT2D eigenvalue weighted by Gasteiger charge is 2.10. The summed E-state index contributed by atoms with van der Waals surface area (Å²) in [6, 6.07) is 0. The van der Waals surface area contributed by atoms with Crippen LogP contribution in [-0.2, 0) is 14.4 Å². The topological polar surface area (TPSA) is 47.9 Å². The van der Waals surface area contributed by atoms with Crippen LogP contribution in [0.2, 0.25) is 0 Å². The van der Waals surface area contributed by atoms with Crippen LogP contribution in [0.15, 0.2) is 16.8 Å². The maximum Gasteiger partial charge on any atom is 0.330 e. The highest BCUT2D eigenvalue weighted by molar-refractivity contribution is 5.84. The normalized spacial score (nSPS) is 16.8. The van der Waals surface area contributed by atoms with Crippen LogP contribution in [0.5, 0.6) is 0 Å². The molecule has 0 amide bonds. The number of hydrogen-bond acceptors (Lipinski definition) is 4. The van der Waals surface area contributed by atoms with E-state index in [4.69, 9.17) is 9.57 Å². The van der Waals surface area contributed by atoms with E-state index < -0.39 is 0 Å². The molecule has 1 fully saturated rings. The molecule has 96 valence electrons. The molecule has 4 heteroatoms. The molecule has 0 spiro atoms. The SMILES string of the molecule is CCOC(=O)C=C1CCCC(=NOC)CCC1. The van der Waals surface area contributed by atoms with Gasteiger partial charge in [0, 0.05) is 6.08 Å². The van der Waals surface area contributed by atoms with Crippen molar-refractivity contribution >= 4 is 11.7 Å². The molecule has 17 heavy (non-hydrogen) atoms. The third kappa shape index (κ3) is 5.52. The van der Waals surface area contributed by atoms with Crippen molar-refractivity contribution in [2.45, 2.75) is 45.4 Å². The largest absolute Gasteiger partial charge is 0.463 e. The summed E-state index contributed by atoms with van der Waals surface area (Å²) in [4.78, 5) is 16.1. The van der Waals surface area contributed by atoms with E-state index in [1.54, 1.807) is 13.2 Å². The number of carbonyl (C=O) groups excluding carboxylic acids is 1. The van der Waals surface area contributed by atoms with Crippen molar-refractivity contribution in [2.24, 2.45) is 5.16 Å². The number of esters is 1. The molecule has 0 unspecified atom stereocenters. The molecule has 4 nitrogen and oxygen atoms in total. The van der Waals surface area contributed by atoms with E-state index in [9.17, 15) is 4.79 Å². The average molecular weight is 239 g/mol. The standard InChI is InChI=1S/C13H21NO3/c1-3-17-13(15)10-11-6-4-8-12(14-16-2)9-5-7-11/h10H,3-9H2,1-2H3. The van der Waals surface area contributed by atoms with E-state index in [1.807, 2.05) is 6.92 Å². The van der Waals surface area contributed by atoms with Crippen LogP contribution in [0.25, 0.3) is 0 Å². The van der Waals surface area contributed by atoms with Crippen molar-refractivity contribution in [1.29, 1.82) is 0 Å². The zero-order valence-corrected chi connectivity index (χ0v) is 10.7. The Hall–Kier alpha value is -1.32. The van der Waals surface area contributed by atoms with Gasteiger partial charge in [-0.05, 0) is 45.4 Å². The van der Waals surface area contributed by atoms with Gasteiger partial charge in [0.1, 0.15) is 7.11 Å². The lowest BCUT2D eigenvalue weighted by Crippen LogP contribution is -2.06. The lowest BCUT2D eigenvalue weighted by Gasteiger charge is -2.13. The molecule has 0 atom stereocenters. The van der Waals surface area contributed by atoms with Crippen molar-refractivity contribution < 1.29 is 14.4 Å². The Morgan fingerprint density at radius 3 is 2.47 bits per heavy atom. The number of ether oxygens (including phenoxy) is 1. The molecule has 0 saturated heterocycles. The van der Waals surface area contributed by atoms with Gasteiger partial charge in [-0.2, -0.15) is 0 Å². The molecule has 0 aromatic heterocycles. The van der Waals surface area contributed by atoms with Crippen LogP contribution in [0.1, 0.15) is 45.4 Å². The molecule has 0 radical (unpaired) electrons. The molecule has 1 rings (SSSR count). The summed E-state index contributed by atoms with van der Waals surface area (Å²) in [6.07, 6.45) is 7.49. The number of rotatable bonds is 3. The fourth-order valence-electron chi connectivity index (χ4n) is 2.00. The molecule has 0 bridgehead atoms. The second-order valence-corrected chi connectivity index (χ2v) is 4.10. The molecule has 1 aliphatic carbocycles. The summed E-state index contributed by atoms with van der Waals surface area (Å²) in [5, 5.41) is 4.01. The maximum absolute atomic E-state index is 11.3. The molecule has 0 aromatic carbocycles. The van der Waals surface area contributed by atoms with Crippen LogP contribution < -0.4 is 0 Å². The third-order valence-corrected chi connectivity index (χ3v) is 2.76. The first-order valence-electron chi connectivity index (χ1n) is 6.21. The Morgan fingerprint density at radius 2 is 1.94 bits per heavy atom. The number of allylic oxidation sites excluding steroid dienone is 1. The Labute approximate surface area is 103 Å². The van der Waals surface area contributed by atoms with Gasteiger partial charge >= 0.3 is 5.97 Å². The van der Waals surface area contributed by atoms with E-state index in [2.05, 4.69) is 5.16 Å². The lowest BCUT2D eigenvalue weighted by molar-refractivity contribution is -0.137. The molecular formula is C13H21NO3. The van der Waals surface area contributed by atoms with Crippen molar-refractivity contribution in [2.75, 3.05) is 13.7 Å². The minimum absolute atomic E-state index is 0.214. The van der Waals surface area contributed by atoms with Gasteiger partial charge in [-0.15, -0.1) is 0 Å². The number of nitrogens with zero attached hydrogens (tertiary/aromatic N) is 1. The predicted molar refractivity (Wildman–Crippen MR) is 66.9 cm³/mol. The number of carbonyl (C=O) groups is 1. The van der Waals surface area contributed by atoms with Gasteiger partial charge in [-0.25, -0.2) is 4.79 Å². The van der Waals surface area contributed by atoms with E-state index >= 15 is 0 Å². The van der Waals surface area contributed by atoms with Gasteiger partial charge in [0.2, 0.25) is 0 Å².